The van der Waals surface area contributed by atoms with Crippen LogP contribution >= 0.6 is 22.6 Å². The van der Waals surface area contributed by atoms with Crippen LogP contribution in [0.1, 0.15) is 31.2 Å². The predicted molar refractivity (Wildman–Crippen MR) is 85.8 cm³/mol. The van der Waals surface area contributed by atoms with Crippen molar-refractivity contribution < 1.29 is 0 Å². The molecular formula is C15H23IN2. The molecule has 0 radical (unpaired) electrons. The van der Waals surface area contributed by atoms with E-state index in [2.05, 4.69) is 57.1 Å². The van der Waals surface area contributed by atoms with E-state index in [1.807, 2.05) is 0 Å². The summed E-state index contributed by atoms with van der Waals surface area (Å²) >= 11 is 2.41. The maximum atomic E-state index is 3.55. The van der Waals surface area contributed by atoms with Gasteiger partial charge in [0.15, 0.2) is 0 Å². The van der Waals surface area contributed by atoms with Crippen molar-refractivity contribution in [3.63, 3.8) is 0 Å². The first kappa shape index (κ1) is 14.3. The smallest absolute Gasteiger partial charge is 0.0216 e. The number of nitrogens with zero attached hydrogens (tertiary/aromatic N) is 1. The average molecular weight is 358 g/mol. The van der Waals surface area contributed by atoms with Gasteiger partial charge in [0, 0.05) is 10.1 Å². The molecule has 1 N–H and O–H groups in total. The minimum atomic E-state index is 0.999. The summed E-state index contributed by atoms with van der Waals surface area (Å²) in [5, 5.41) is 3.55. The summed E-state index contributed by atoms with van der Waals surface area (Å²) in [5.74, 6) is 0. The molecule has 1 aliphatic rings. The number of rotatable bonds is 6. The first-order valence-electron chi connectivity index (χ1n) is 7.03. The van der Waals surface area contributed by atoms with Gasteiger partial charge in [-0.1, -0.05) is 24.6 Å². The Morgan fingerprint density at radius 3 is 2.67 bits per heavy atom. The summed E-state index contributed by atoms with van der Waals surface area (Å²) in [6.45, 7) is 6.02. The maximum Gasteiger partial charge on any atom is 0.0216 e. The normalized spacial score (nSPS) is 16.9. The minimum absolute atomic E-state index is 0.999. The van der Waals surface area contributed by atoms with Crippen LogP contribution in [0.5, 0.6) is 0 Å². The van der Waals surface area contributed by atoms with E-state index in [-0.39, 0.29) is 0 Å². The van der Waals surface area contributed by atoms with Crippen molar-refractivity contribution in [2.24, 2.45) is 0 Å². The zero-order chi connectivity index (χ0) is 12.6. The first-order chi connectivity index (χ1) is 8.86. The number of hydrogen-bond donors (Lipinski definition) is 1. The number of benzene rings is 1. The number of piperidine rings is 1. The number of halogens is 1. The van der Waals surface area contributed by atoms with Gasteiger partial charge < -0.3 is 10.2 Å². The Morgan fingerprint density at radius 2 is 1.89 bits per heavy atom. The molecule has 18 heavy (non-hydrogen) atoms. The van der Waals surface area contributed by atoms with E-state index in [1.54, 1.807) is 0 Å². The van der Waals surface area contributed by atoms with Crippen LogP contribution in [0.2, 0.25) is 0 Å². The maximum absolute atomic E-state index is 3.55. The molecule has 100 valence electrons. The van der Waals surface area contributed by atoms with Gasteiger partial charge in [0.1, 0.15) is 0 Å². The largest absolute Gasteiger partial charge is 0.313 e. The van der Waals surface area contributed by atoms with Crippen molar-refractivity contribution in [1.29, 1.82) is 0 Å². The second-order valence-electron chi connectivity index (χ2n) is 5.02. The SMILES string of the molecule is Ic1ccccc1CNCCCN1CCCCC1. The Labute approximate surface area is 124 Å². The zero-order valence-electron chi connectivity index (χ0n) is 11.0. The highest BCUT2D eigenvalue weighted by atomic mass is 127. The molecule has 0 bridgehead atoms. The van der Waals surface area contributed by atoms with Crippen molar-refractivity contribution in [1.82, 2.24) is 10.2 Å². The summed E-state index contributed by atoms with van der Waals surface area (Å²) in [6.07, 6.45) is 5.50. The Balaban J connectivity index is 1.57. The van der Waals surface area contributed by atoms with Gasteiger partial charge in [-0.25, -0.2) is 0 Å². The summed E-state index contributed by atoms with van der Waals surface area (Å²) in [5.41, 5.74) is 1.41. The molecule has 1 aliphatic heterocycles. The van der Waals surface area contributed by atoms with Gasteiger partial charge in [0.05, 0.1) is 0 Å². The van der Waals surface area contributed by atoms with Gasteiger partial charge in [0.25, 0.3) is 0 Å². The summed E-state index contributed by atoms with van der Waals surface area (Å²) < 4.78 is 1.36. The molecular weight excluding hydrogens is 335 g/mol. The van der Waals surface area contributed by atoms with Crippen molar-refractivity contribution in [3.8, 4) is 0 Å². The second kappa shape index (κ2) is 8.12. The monoisotopic (exact) mass is 358 g/mol. The molecule has 0 amide bonds. The fourth-order valence-electron chi connectivity index (χ4n) is 2.48. The van der Waals surface area contributed by atoms with E-state index >= 15 is 0 Å². The minimum Gasteiger partial charge on any atom is -0.313 e. The molecule has 0 unspecified atom stereocenters. The fraction of sp³-hybridized carbons (Fsp3) is 0.600. The highest BCUT2D eigenvalue weighted by Crippen LogP contribution is 2.11. The molecule has 3 heteroatoms. The van der Waals surface area contributed by atoms with Gasteiger partial charge in [-0.2, -0.15) is 0 Å². The Kier molecular flexibility index (Phi) is 6.45. The van der Waals surface area contributed by atoms with Gasteiger partial charge in [-0.3, -0.25) is 0 Å². The molecule has 0 spiro atoms. The first-order valence-corrected chi connectivity index (χ1v) is 8.10. The Morgan fingerprint density at radius 1 is 1.11 bits per heavy atom. The predicted octanol–water partition coefficient (Wildman–Crippen LogP) is 3.26. The zero-order valence-corrected chi connectivity index (χ0v) is 13.2. The molecule has 1 heterocycles. The molecule has 0 saturated carbocycles. The lowest BCUT2D eigenvalue weighted by molar-refractivity contribution is 0.225. The van der Waals surface area contributed by atoms with Crippen LogP contribution in [0.3, 0.4) is 0 Å². The van der Waals surface area contributed by atoms with Crippen LogP contribution in [-0.2, 0) is 6.54 Å². The third kappa shape index (κ3) is 4.86. The van der Waals surface area contributed by atoms with Gasteiger partial charge in [-0.15, -0.1) is 0 Å². The Hall–Kier alpha value is -0.130. The van der Waals surface area contributed by atoms with Gasteiger partial charge in [0.2, 0.25) is 0 Å². The van der Waals surface area contributed by atoms with E-state index in [1.165, 1.54) is 54.5 Å². The van der Waals surface area contributed by atoms with E-state index in [0.717, 1.165) is 13.1 Å². The molecule has 1 aromatic carbocycles. The molecule has 1 saturated heterocycles. The summed E-state index contributed by atoms with van der Waals surface area (Å²) in [4.78, 5) is 2.61. The quantitative estimate of drug-likeness (QED) is 0.620. The average Bonchev–Trinajstić information content (AvgIpc) is 2.42. The topological polar surface area (TPSA) is 15.3 Å². The molecule has 2 nitrogen and oxygen atoms in total. The van der Waals surface area contributed by atoms with Crippen LogP contribution in [0.4, 0.5) is 0 Å². The molecule has 0 aliphatic carbocycles. The highest BCUT2D eigenvalue weighted by molar-refractivity contribution is 14.1. The molecule has 1 aromatic rings. The van der Waals surface area contributed by atoms with Crippen LogP contribution in [0, 0.1) is 3.57 Å². The number of likely N-dealkylation sites (tertiary alicyclic amines) is 1. The van der Waals surface area contributed by atoms with Crippen LogP contribution in [0.25, 0.3) is 0 Å². The van der Waals surface area contributed by atoms with E-state index < -0.39 is 0 Å². The van der Waals surface area contributed by atoms with Crippen molar-refractivity contribution >= 4 is 22.6 Å². The van der Waals surface area contributed by atoms with Crippen molar-refractivity contribution in [2.45, 2.75) is 32.2 Å². The van der Waals surface area contributed by atoms with Crippen LogP contribution in [-0.4, -0.2) is 31.1 Å². The molecule has 2 rings (SSSR count). The number of nitrogens with one attached hydrogen (secondary N) is 1. The van der Waals surface area contributed by atoms with Gasteiger partial charge >= 0.3 is 0 Å². The molecule has 1 fully saturated rings. The van der Waals surface area contributed by atoms with Gasteiger partial charge in [-0.05, 0) is 79.7 Å². The summed E-state index contributed by atoms with van der Waals surface area (Å²) in [7, 11) is 0. The molecule has 0 aromatic heterocycles. The standard InChI is InChI=1S/C15H23IN2/c16-15-8-3-2-7-14(15)13-17-9-6-12-18-10-4-1-5-11-18/h2-3,7-8,17H,1,4-6,9-13H2. The molecule has 0 atom stereocenters. The lowest BCUT2D eigenvalue weighted by atomic mass is 10.1. The third-order valence-corrected chi connectivity index (χ3v) is 4.60. The third-order valence-electron chi connectivity index (χ3n) is 3.55. The van der Waals surface area contributed by atoms with E-state index in [4.69, 9.17) is 0 Å². The fourth-order valence-corrected chi connectivity index (χ4v) is 3.05. The second-order valence-corrected chi connectivity index (χ2v) is 6.19. The lowest BCUT2D eigenvalue weighted by Crippen LogP contribution is -2.32. The van der Waals surface area contributed by atoms with Crippen LogP contribution < -0.4 is 5.32 Å². The van der Waals surface area contributed by atoms with Crippen molar-refractivity contribution in [3.05, 3.63) is 33.4 Å². The lowest BCUT2D eigenvalue weighted by Gasteiger charge is -2.26. The summed E-state index contributed by atoms with van der Waals surface area (Å²) in [6, 6.07) is 8.60. The number of hydrogen-bond acceptors (Lipinski definition) is 2. The van der Waals surface area contributed by atoms with Crippen LogP contribution in [0.15, 0.2) is 24.3 Å². The highest BCUT2D eigenvalue weighted by Gasteiger charge is 2.08. The van der Waals surface area contributed by atoms with Crippen molar-refractivity contribution in [2.75, 3.05) is 26.2 Å². The Bertz CT molecular complexity index is 348. The van der Waals surface area contributed by atoms with E-state index in [0.29, 0.717) is 0 Å². The van der Waals surface area contributed by atoms with E-state index in [9.17, 15) is 0 Å².